The fourth-order valence-electron chi connectivity index (χ4n) is 0.797. The van der Waals surface area contributed by atoms with Crippen molar-refractivity contribution in [3.05, 3.63) is 29.3 Å². The molecule has 0 saturated carbocycles. The van der Waals surface area contributed by atoms with Gasteiger partial charge in [-0.05, 0) is 12.1 Å². The van der Waals surface area contributed by atoms with Gasteiger partial charge in [0, 0.05) is 7.11 Å². The Morgan fingerprint density at radius 2 is 2.00 bits per heavy atom. The molecule has 0 spiro atoms. The molecule has 12 heavy (non-hydrogen) atoms. The van der Waals surface area contributed by atoms with E-state index < -0.39 is 0 Å². The molecule has 0 aliphatic carbocycles. The Balaban J connectivity index is 2.46. The lowest BCUT2D eigenvalue weighted by Crippen LogP contribution is -2.04. The van der Waals surface area contributed by atoms with Crippen molar-refractivity contribution in [2.45, 2.75) is 0 Å². The SMILES string of the molecule is COCCOc1ccccc1Cl. The Hall–Kier alpha value is -0.730. The molecular formula is C9H11ClO2. The van der Waals surface area contributed by atoms with Gasteiger partial charge in [-0.2, -0.15) is 0 Å². The molecule has 0 saturated heterocycles. The van der Waals surface area contributed by atoms with Gasteiger partial charge < -0.3 is 9.47 Å². The lowest BCUT2D eigenvalue weighted by molar-refractivity contribution is 0.146. The van der Waals surface area contributed by atoms with Crippen LogP contribution >= 0.6 is 11.6 Å². The molecule has 0 fully saturated rings. The molecule has 0 heterocycles. The Bertz CT molecular complexity index is 238. The first-order valence-electron chi connectivity index (χ1n) is 3.71. The third-order valence-corrected chi connectivity index (χ3v) is 1.69. The van der Waals surface area contributed by atoms with E-state index in [1.165, 1.54) is 0 Å². The summed E-state index contributed by atoms with van der Waals surface area (Å²) in [5.41, 5.74) is 0. The van der Waals surface area contributed by atoms with Gasteiger partial charge in [0.15, 0.2) is 0 Å². The predicted octanol–water partition coefficient (Wildman–Crippen LogP) is 2.37. The Kier molecular flexibility index (Phi) is 3.91. The second-order valence-electron chi connectivity index (χ2n) is 2.27. The molecule has 0 aliphatic heterocycles. The van der Waals surface area contributed by atoms with E-state index in [2.05, 4.69) is 0 Å². The van der Waals surface area contributed by atoms with E-state index >= 15 is 0 Å². The third kappa shape index (κ3) is 2.72. The summed E-state index contributed by atoms with van der Waals surface area (Å²) in [6, 6.07) is 7.38. The molecule has 1 aromatic carbocycles. The van der Waals surface area contributed by atoms with Gasteiger partial charge in [0.1, 0.15) is 12.4 Å². The lowest BCUT2D eigenvalue weighted by Gasteiger charge is -2.05. The highest BCUT2D eigenvalue weighted by molar-refractivity contribution is 6.32. The topological polar surface area (TPSA) is 18.5 Å². The fourth-order valence-corrected chi connectivity index (χ4v) is 0.987. The van der Waals surface area contributed by atoms with Crippen LogP contribution in [0.15, 0.2) is 24.3 Å². The van der Waals surface area contributed by atoms with Crippen molar-refractivity contribution in [1.29, 1.82) is 0 Å². The number of rotatable bonds is 4. The standard InChI is InChI=1S/C9H11ClO2/c1-11-6-7-12-9-5-3-2-4-8(9)10/h2-5H,6-7H2,1H3. The van der Waals surface area contributed by atoms with Crippen LogP contribution in [-0.2, 0) is 4.74 Å². The average molecular weight is 187 g/mol. The smallest absolute Gasteiger partial charge is 0.138 e. The van der Waals surface area contributed by atoms with E-state index in [1.54, 1.807) is 13.2 Å². The molecular weight excluding hydrogens is 176 g/mol. The van der Waals surface area contributed by atoms with Crippen LogP contribution in [-0.4, -0.2) is 20.3 Å². The minimum atomic E-state index is 0.528. The van der Waals surface area contributed by atoms with Crippen LogP contribution in [0, 0.1) is 0 Å². The zero-order valence-electron chi connectivity index (χ0n) is 6.92. The summed E-state index contributed by atoms with van der Waals surface area (Å²) >= 11 is 5.84. The van der Waals surface area contributed by atoms with E-state index in [9.17, 15) is 0 Å². The molecule has 0 aliphatic rings. The van der Waals surface area contributed by atoms with Crippen molar-refractivity contribution in [2.75, 3.05) is 20.3 Å². The average Bonchev–Trinajstić information content (AvgIpc) is 2.09. The van der Waals surface area contributed by atoms with Crippen molar-refractivity contribution in [3.8, 4) is 5.75 Å². The molecule has 0 bridgehead atoms. The number of para-hydroxylation sites is 1. The number of benzene rings is 1. The minimum Gasteiger partial charge on any atom is -0.490 e. The highest BCUT2D eigenvalue weighted by Gasteiger charge is 1.97. The summed E-state index contributed by atoms with van der Waals surface area (Å²) < 4.78 is 10.2. The van der Waals surface area contributed by atoms with E-state index in [1.807, 2.05) is 18.2 Å². The van der Waals surface area contributed by atoms with Crippen LogP contribution in [0.25, 0.3) is 0 Å². The zero-order chi connectivity index (χ0) is 8.81. The second-order valence-corrected chi connectivity index (χ2v) is 2.68. The Morgan fingerprint density at radius 3 is 2.67 bits per heavy atom. The molecule has 2 nitrogen and oxygen atoms in total. The molecule has 0 radical (unpaired) electrons. The molecule has 66 valence electrons. The highest BCUT2D eigenvalue weighted by Crippen LogP contribution is 2.22. The van der Waals surface area contributed by atoms with E-state index in [0.717, 1.165) is 0 Å². The zero-order valence-corrected chi connectivity index (χ0v) is 7.67. The summed E-state index contributed by atoms with van der Waals surface area (Å²) in [7, 11) is 1.63. The van der Waals surface area contributed by atoms with E-state index in [-0.39, 0.29) is 0 Å². The van der Waals surface area contributed by atoms with Gasteiger partial charge in [-0.3, -0.25) is 0 Å². The van der Waals surface area contributed by atoms with Crippen LogP contribution in [0.5, 0.6) is 5.75 Å². The monoisotopic (exact) mass is 186 g/mol. The number of hydrogen-bond acceptors (Lipinski definition) is 2. The molecule has 1 rings (SSSR count). The first-order valence-corrected chi connectivity index (χ1v) is 4.08. The van der Waals surface area contributed by atoms with Gasteiger partial charge in [0.05, 0.1) is 11.6 Å². The summed E-state index contributed by atoms with van der Waals surface area (Å²) in [5.74, 6) is 0.705. The summed E-state index contributed by atoms with van der Waals surface area (Å²) in [6.07, 6.45) is 0. The van der Waals surface area contributed by atoms with Crippen molar-refractivity contribution < 1.29 is 9.47 Å². The largest absolute Gasteiger partial charge is 0.490 e. The second kappa shape index (κ2) is 5.01. The Morgan fingerprint density at radius 1 is 1.25 bits per heavy atom. The Labute approximate surface area is 77.1 Å². The van der Waals surface area contributed by atoms with Crippen molar-refractivity contribution >= 4 is 11.6 Å². The van der Waals surface area contributed by atoms with Crippen molar-refractivity contribution in [3.63, 3.8) is 0 Å². The normalized spacial score (nSPS) is 9.83. The maximum atomic E-state index is 5.84. The van der Waals surface area contributed by atoms with Crippen LogP contribution in [0.2, 0.25) is 5.02 Å². The van der Waals surface area contributed by atoms with Crippen LogP contribution in [0.3, 0.4) is 0 Å². The molecule has 3 heteroatoms. The lowest BCUT2D eigenvalue weighted by atomic mass is 10.3. The maximum absolute atomic E-state index is 5.84. The maximum Gasteiger partial charge on any atom is 0.138 e. The number of ether oxygens (including phenoxy) is 2. The number of methoxy groups -OCH3 is 1. The van der Waals surface area contributed by atoms with Crippen LogP contribution in [0.1, 0.15) is 0 Å². The van der Waals surface area contributed by atoms with Gasteiger partial charge in [-0.1, -0.05) is 23.7 Å². The molecule has 0 atom stereocenters. The molecule has 0 N–H and O–H groups in total. The fraction of sp³-hybridized carbons (Fsp3) is 0.333. The van der Waals surface area contributed by atoms with Crippen molar-refractivity contribution in [2.24, 2.45) is 0 Å². The predicted molar refractivity (Wildman–Crippen MR) is 48.8 cm³/mol. The number of halogens is 1. The summed E-state index contributed by atoms with van der Waals surface area (Å²) in [5, 5.41) is 0.633. The molecule has 0 unspecified atom stereocenters. The van der Waals surface area contributed by atoms with E-state index in [4.69, 9.17) is 21.1 Å². The number of hydrogen-bond donors (Lipinski definition) is 0. The highest BCUT2D eigenvalue weighted by atomic mass is 35.5. The quantitative estimate of drug-likeness (QED) is 0.673. The third-order valence-electron chi connectivity index (χ3n) is 1.38. The van der Waals surface area contributed by atoms with Crippen LogP contribution < -0.4 is 4.74 Å². The van der Waals surface area contributed by atoms with Gasteiger partial charge >= 0.3 is 0 Å². The van der Waals surface area contributed by atoms with Crippen LogP contribution in [0.4, 0.5) is 0 Å². The first kappa shape index (κ1) is 9.36. The van der Waals surface area contributed by atoms with Gasteiger partial charge in [0.2, 0.25) is 0 Å². The van der Waals surface area contributed by atoms with Gasteiger partial charge in [-0.25, -0.2) is 0 Å². The first-order chi connectivity index (χ1) is 5.84. The molecule has 0 amide bonds. The van der Waals surface area contributed by atoms with E-state index in [0.29, 0.717) is 24.0 Å². The van der Waals surface area contributed by atoms with Crippen molar-refractivity contribution in [1.82, 2.24) is 0 Å². The summed E-state index contributed by atoms with van der Waals surface area (Å²) in [6.45, 7) is 1.10. The van der Waals surface area contributed by atoms with Gasteiger partial charge in [-0.15, -0.1) is 0 Å². The molecule has 0 aromatic heterocycles. The minimum absolute atomic E-state index is 0.528. The molecule has 1 aromatic rings. The summed E-state index contributed by atoms with van der Waals surface area (Å²) in [4.78, 5) is 0. The van der Waals surface area contributed by atoms with Gasteiger partial charge in [0.25, 0.3) is 0 Å².